The molecule has 5 nitrogen and oxygen atoms in total. The molecule has 0 heterocycles. The Kier molecular flexibility index (Phi) is 6.51. The minimum atomic E-state index is -3.13. The average molecular weight is 236 g/mol. The highest BCUT2D eigenvalue weighted by molar-refractivity contribution is 7.91. The fraction of sp³-hybridized carbons (Fsp3) is 0.889. The molecule has 0 fully saturated rings. The van der Waals surface area contributed by atoms with Crippen molar-refractivity contribution in [3.05, 3.63) is 0 Å². The molecule has 0 aliphatic heterocycles. The van der Waals surface area contributed by atoms with Crippen LogP contribution >= 0.6 is 0 Å². The molecule has 0 spiro atoms. The van der Waals surface area contributed by atoms with Gasteiger partial charge in [0.15, 0.2) is 9.84 Å². The first kappa shape index (κ1) is 14.4. The Balaban J connectivity index is 3.98. The lowest BCUT2D eigenvalue weighted by Crippen LogP contribution is -2.30. The van der Waals surface area contributed by atoms with Crippen LogP contribution in [0, 0.1) is 0 Å². The second kappa shape index (κ2) is 6.79. The van der Waals surface area contributed by atoms with Crippen LogP contribution in [0.5, 0.6) is 0 Å². The highest BCUT2D eigenvalue weighted by Crippen LogP contribution is 1.96. The number of sulfone groups is 1. The van der Waals surface area contributed by atoms with Gasteiger partial charge in [-0.3, -0.25) is 4.79 Å². The van der Waals surface area contributed by atoms with Crippen LogP contribution in [0.15, 0.2) is 0 Å². The van der Waals surface area contributed by atoms with Gasteiger partial charge in [-0.1, -0.05) is 13.8 Å². The monoisotopic (exact) mass is 236 g/mol. The number of nitrogens with two attached hydrogens (primary N) is 1. The van der Waals surface area contributed by atoms with Gasteiger partial charge in [0.2, 0.25) is 5.91 Å². The first-order chi connectivity index (χ1) is 6.91. The highest BCUT2D eigenvalue weighted by atomic mass is 32.2. The quantitative estimate of drug-likeness (QED) is 0.623. The van der Waals surface area contributed by atoms with E-state index < -0.39 is 15.7 Å². The number of carbonyl (C=O) groups excluding carboxylic acids is 1. The average Bonchev–Trinajstić information content (AvgIpc) is 2.17. The molecule has 0 aliphatic rings. The van der Waals surface area contributed by atoms with Crippen LogP contribution < -0.4 is 5.73 Å². The van der Waals surface area contributed by atoms with Gasteiger partial charge in [0, 0.05) is 13.0 Å². The molecule has 2 N–H and O–H groups in total. The largest absolute Gasteiger partial charge is 0.370 e. The lowest BCUT2D eigenvalue weighted by molar-refractivity contribution is -0.117. The summed E-state index contributed by atoms with van der Waals surface area (Å²) in [6, 6.07) is 0. The Hall–Kier alpha value is -0.620. The maximum absolute atomic E-state index is 11.4. The maximum atomic E-state index is 11.4. The predicted octanol–water partition coefficient (Wildman–Crippen LogP) is -0.382. The molecular formula is C9H20N2O3S. The van der Waals surface area contributed by atoms with Gasteiger partial charge in [-0.15, -0.1) is 0 Å². The Labute approximate surface area is 91.5 Å². The Bertz CT molecular complexity index is 284. The maximum Gasteiger partial charge on any atom is 0.218 e. The number of primary amides is 1. The Morgan fingerprint density at radius 3 is 2.13 bits per heavy atom. The van der Waals surface area contributed by atoms with E-state index in [2.05, 4.69) is 0 Å². The topological polar surface area (TPSA) is 80.5 Å². The molecule has 0 unspecified atom stereocenters. The molecule has 0 saturated carbocycles. The SMILES string of the molecule is CCN(CC)CCS(=O)(=O)CCC(N)=O. The fourth-order valence-electron chi connectivity index (χ4n) is 1.17. The summed E-state index contributed by atoms with van der Waals surface area (Å²) in [5.41, 5.74) is 4.89. The number of rotatable bonds is 8. The Morgan fingerprint density at radius 2 is 1.73 bits per heavy atom. The van der Waals surface area contributed by atoms with Crippen molar-refractivity contribution in [1.29, 1.82) is 0 Å². The molecule has 0 aromatic carbocycles. The van der Waals surface area contributed by atoms with Crippen molar-refractivity contribution in [3.63, 3.8) is 0 Å². The molecule has 15 heavy (non-hydrogen) atoms. The smallest absolute Gasteiger partial charge is 0.218 e. The van der Waals surface area contributed by atoms with Gasteiger partial charge in [0.25, 0.3) is 0 Å². The van der Waals surface area contributed by atoms with Gasteiger partial charge >= 0.3 is 0 Å². The number of hydrogen-bond acceptors (Lipinski definition) is 4. The summed E-state index contributed by atoms with van der Waals surface area (Å²) in [5.74, 6) is -0.604. The van der Waals surface area contributed by atoms with Crippen molar-refractivity contribution in [2.75, 3.05) is 31.1 Å². The van der Waals surface area contributed by atoms with E-state index in [1.54, 1.807) is 0 Å². The zero-order valence-corrected chi connectivity index (χ0v) is 10.2. The van der Waals surface area contributed by atoms with Crippen LogP contribution in [0.3, 0.4) is 0 Å². The molecule has 0 saturated heterocycles. The van der Waals surface area contributed by atoms with E-state index in [9.17, 15) is 13.2 Å². The lowest BCUT2D eigenvalue weighted by atomic mass is 10.5. The van der Waals surface area contributed by atoms with Crippen molar-refractivity contribution in [2.45, 2.75) is 20.3 Å². The van der Waals surface area contributed by atoms with E-state index in [1.807, 2.05) is 18.7 Å². The summed E-state index contributed by atoms with van der Waals surface area (Å²) in [4.78, 5) is 12.5. The first-order valence-electron chi connectivity index (χ1n) is 5.12. The van der Waals surface area contributed by atoms with E-state index in [0.717, 1.165) is 13.1 Å². The molecule has 0 atom stereocenters. The predicted molar refractivity (Wildman–Crippen MR) is 60.3 cm³/mol. The van der Waals surface area contributed by atoms with Crippen molar-refractivity contribution < 1.29 is 13.2 Å². The number of hydrogen-bond donors (Lipinski definition) is 1. The van der Waals surface area contributed by atoms with Crippen LogP contribution in [-0.2, 0) is 14.6 Å². The van der Waals surface area contributed by atoms with Crippen LogP contribution in [0.1, 0.15) is 20.3 Å². The third kappa shape index (κ3) is 7.33. The van der Waals surface area contributed by atoms with E-state index >= 15 is 0 Å². The zero-order chi connectivity index (χ0) is 11.9. The van der Waals surface area contributed by atoms with Crippen molar-refractivity contribution in [2.24, 2.45) is 5.73 Å². The second-order valence-electron chi connectivity index (χ2n) is 3.40. The van der Waals surface area contributed by atoms with Crippen molar-refractivity contribution >= 4 is 15.7 Å². The van der Waals surface area contributed by atoms with Crippen molar-refractivity contribution in [1.82, 2.24) is 4.90 Å². The zero-order valence-electron chi connectivity index (χ0n) is 9.40. The molecule has 0 aromatic heterocycles. The van der Waals surface area contributed by atoms with Gasteiger partial charge in [0.1, 0.15) is 0 Å². The first-order valence-corrected chi connectivity index (χ1v) is 6.94. The highest BCUT2D eigenvalue weighted by Gasteiger charge is 2.13. The van der Waals surface area contributed by atoms with Gasteiger partial charge < -0.3 is 10.6 Å². The molecule has 0 bridgehead atoms. The van der Waals surface area contributed by atoms with E-state index in [1.165, 1.54) is 0 Å². The number of nitrogens with zero attached hydrogens (tertiary/aromatic N) is 1. The molecule has 0 radical (unpaired) electrons. The molecule has 0 aliphatic carbocycles. The lowest BCUT2D eigenvalue weighted by Gasteiger charge is -2.17. The summed E-state index contributed by atoms with van der Waals surface area (Å²) in [5, 5.41) is 0. The van der Waals surface area contributed by atoms with Gasteiger partial charge in [-0.2, -0.15) is 0 Å². The Morgan fingerprint density at radius 1 is 1.20 bits per heavy atom. The second-order valence-corrected chi connectivity index (χ2v) is 5.70. The fourth-order valence-corrected chi connectivity index (χ4v) is 2.42. The molecular weight excluding hydrogens is 216 g/mol. The standard InChI is InChI=1S/C9H20N2O3S/c1-3-11(4-2)6-8-15(13,14)7-5-9(10)12/h3-8H2,1-2H3,(H2,10,12). The van der Waals surface area contributed by atoms with Crippen LogP contribution in [-0.4, -0.2) is 50.4 Å². The van der Waals surface area contributed by atoms with Crippen LogP contribution in [0.2, 0.25) is 0 Å². The van der Waals surface area contributed by atoms with Gasteiger partial charge in [-0.05, 0) is 13.1 Å². The minimum Gasteiger partial charge on any atom is -0.370 e. The van der Waals surface area contributed by atoms with E-state index in [4.69, 9.17) is 5.73 Å². The molecule has 6 heteroatoms. The summed E-state index contributed by atoms with van der Waals surface area (Å²) in [6.45, 7) is 6.16. The molecule has 1 amide bonds. The van der Waals surface area contributed by atoms with E-state index in [0.29, 0.717) is 6.54 Å². The van der Waals surface area contributed by atoms with Crippen molar-refractivity contribution in [3.8, 4) is 0 Å². The van der Waals surface area contributed by atoms with E-state index in [-0.39, 0.29) is 17.9 Å². The number of carbonyl (C=O) groups is 1. The van der Waals surface area contributed by atoms with Crippen LogP contribution in [0.4, 0.5) is 0 Å². The van der Waals surface area contributed by atoms with Gasteiger partial charge in [-0.25, -0.2) is 8.42 Å². The molecule has 0 rings (SSSR count). The number of amides is 1. The molecule has 0 aromatic rings. The summed E-state index contributed by atoms with van der Waals surface area (Å²) >= 11 is 0. The summed E-state index contributed by atoms with van der Waals surface area (Å²) in [6.07, 6.45) is -0.0828. The third-order valence-corrected chi connectivity index (χ3v) is 3.90. The normalized spacial score (nSPS) is 11.9. The minimum absolute atomic E-state index is 0.0828. The summed E-state index contributed by atoms with van der Waals surface area (Å²) in [7, 11) is -3.13. The summed E-state index contributed by atoms with van der Waals surface area (Å²) < 4.78 is 22.9. The van der Waals surface area contributed by atoms with Gasteiger partial charge in [0.05, 0.1) is 11.5 Å². The van der Waals surface area contributed by atoms with Crippen LogP contribution in [0.25, 0.3) is 0 Å². The molecule has 90 valence electrons. The third-order valence-electron chi connectivity index (χ3n) is 2.27.